The highest BCUT2D eigenvalue weighted by Gasteiger charge is 2.41. The summed E-state index contributed by atoms with van der Waals surface area (Å²) in [5.74, 6) is 0. The molecule has 0 spiro atoms. The minimum atomic E-state index is 0.0425. The van der Waals surface area contributed by atoms with Crippen LogP contribution < -0.4 is 16.4 Å². The molecule has 0 amide bonds. The third-order valence-corrected chi connectivity index (χ3v) is 9.24. The van der Waals surface area contributed by atoms with Crippen LogP contribution in [0.25, 0.3) is 55.7 Å². The van der Waals surface area contributed by atoms with Crippen LogP contribution in [-0.2, 0) is 5.41 Å². The number of rotatable bonds is 2. The van der Waals surface area contributed by atoms with Gasteiger partial charge < -0.3 is 9.13 Å². The van der Waals surface area contributed by atoms with Gasteiger partial charge in [0, 0.05) is 33.2 Å². The van der Waals surface area contributed by atoms with Crippen molar-refractivity contribution in [3.05, 3.63) is 127 Å². The first-order chi connectivity index (χ1) is 20.0. The number of aromatic nitrogens is 2. The van der Waals surface area contributed by atoms with E-state index in [0.29, 0.717) is 0 Å². The highest BCUT2D eigenvalue weighted by atomic mass is 15.0. The number of nitrogens with zero attached hydrogens (tertiary/aromatic N) is 2. The van der Waals surface area contributed by atoms with Gasteiger partial charge in [-0.05, 0) is 68.8 Å². The summed E-state index contributed by atoms with van der Waals surface area (Å²) in [4.78, 5) is 0. The molecule has 0 aliphatic carbocycles. The summed E-state index contributed by atoms with van der Waals surface area (Å²) in [6.07, 6.45) is 0. The molecule has 0 atom stereocenters. The van der Waals surface area contributed by atoms with Gasteiger partial charge in [-0.1, -0.05) is 112 Å². The van der Waals surface area contributed by atoms with Crippen LogP contribution in [0.15, 0.2) is 121 Å². The molecule has 2 nitrogen and oxygen atoms in total. The van der Waals surface area contributed by atoms with Gasteiger partial charge in [0.1, 0.15) is 0 Å². The van der Waals surface area contributed by atoms with Crippen LogP contribution >= 0.6 is 0 Å². The van der Waals surface area contributed by atoms with Crippen molar-refractivity contribution >= 4 is 44.9 Å². The van der Waals surface area contributed by atoms with Crippen LogP contribution in [0.1, 0.15) is 26.3 Å². The minimum absolute atomic E-state index is 0.0425. The predicted molar refractivity (Wildman–Crippen MR) is 174 cm³/mol. The average Bonchev–Trinajstić information content (AvgIpc) is 3.58. The molecular weight excluding hydrogens is 495 g/mol. The maximum Gasteiger partial charge on any atom is 0.252 e. The highest BCUT2D eigenvalue weighted by Crippen LogP contribution is 2.39. The lowest BCUT2D eigenvalue weighted by Crippen LogP contribution is -2.59. The number of hydrogen-bond acceptors (Lipinski definition) is 0. The molecule has 2 aliphatic rings. The fourth-order valence-electron chi connectivity index (χ4n) is 7.40. The van der Waals surface area contributed by atoms with Crippen molar-refractivity contribution in [1.29, 1.82) is 0 Å². The Hall–Kier alpha value is -4.76. The molecule has 0 saturated carbocycles. The zero-order valence-corrected chi connectivity index (χ0v) is 23.5. The van der Waals surface area contributed by atoms with E-state index in [9.17, 15) is 0 Å². The molecular formula is C38H29BN2. The van der Waals surface area contributed by atoms with Crippen LogP contribution in [0.4, 0.5) is 0 Å². The Bertz CT molecular complexity index is 2180. The molecule has 2 aliphatic heterocycles. The Balaban J connectivity index is 1.47. The number of hydrogen-bond donors (Lipinski definition) is 0. The van der Waals surface area contributed by atoms with Crippen LogP contribution in [0.5, 0.6) is 0 Å². The average molecular weight is 524 g/mol. The van der Waals surface area contributed by atoms with Crippen LogP contribution in [-0.4, -0.2) is 15.8 Å². The normalized spacial score (nSPS) is 13.2. The quantitative estimate of drug-likeness (QED) is 0.209. The highest BCUT2D eigenvalue weighted by molar-refractivity contribution is 7.00. The van der Waals surface area contributed by atoms with Crippen LogP contribution in [0, 0.1) is 0 Å². The molecule has 0 bridgehead atoms. The fourth-order valence-corrected chi connectivity index (χ4v) is 7.40. The Labute approximate surface area is 240 Å². The van der Waals surface area contributed by atoms with Crippen molar-refractivity contribution in [2.75, 3.05) is 0 Å². The zero-order valence-electron chi connectivity index (χ0n) is 23.5. The number of benzene rings is 5. The topological polar surface area (TPSA) is 9.86 Å². The first-order valence-corrected chi connectivity index (χ1v) is 14.6. The maximum absolute atomic E-state index is 2.54. The Morgan fingerprint density at radius 2 is 1.07 bits per heavy atom. The molecule has 4 heterocycles. The van der Waals surface area contributed by atoms with E-state index in [4.69, 9.17) is 0 Å². The Morgan fingerprint density at radius 1 is 0.512 bits per heavy atom. The zero-order chi connectivity index (χ0) is 27.5. The first-order valence-electron chi connectivity index (χ1n) is 14.6. The summed E-state index contributed by atoms with van der Waals surface area (Å²) in [7, 11) is 0. The van der Waals surface area contributed by atoms with Gasteiger partial charge in [0.2, 0.25) is 0 Å². The van der Waals surface area contributed by atoms with Gasteiger partial charge in [-0.3, -0.25) is 0 Å². The lowest BCUT2D eigenvalue weighted by atomic mass is 9.34. The first kappa shape index (κ1) is 23.0. The molecule has 5 aromatic carbocycles. The van der Waals surface area contributed by atoms with E-state index in [-0.39, 0.29) is 12.1 Å². The Kier molecular flexibility index (Phi) is 4.44. The van der Waals surface area contributed by atoms with Crippen molar-refractivity contribution in [1.82, 2.24) is 9.13 Å². The molecule has 0 fully saturated rings. The maximum atomic E-state index is 2.54. The second kappa shape index (κ2) is 7.92. The summed E-state index contributed by atoms with van der Waals surface area (Å²) in [5, 5.41) is 2.62. The molecule has 0 N–H and O–H groups in total. The van der Waals surface area contributed by atoms with E-state index in [1.54, 1.807) is 0 Å². The SMILES string of the molecule is CC(C)(C)c1cc2c3c(c1)cc(-c1ccccc1)n3-c1cccc3c1B2c1cccc2cc(-c4ccccc4)n-3c12. The molecule has 194 valence electrons. The lowest BCUT2D eigenvalue weighted by Gasteiger charge is -2.35. The van der Waals surface area contributed by atoms with Crippen LogP contribution in [0.2, 0.25) is 0 Å². The molecule has 9 rings (SSSR count). The second-order valence-electron chi connectivity index (χ2n) is 12.6. The largest absolute Gasteiger partial charge is 0.310 e. The third-order valence-electron chi connectivity index (χ3n) is 9.24. The fraction of sp³-hybridized carbons (Fsp3) is 0.105. The van der Waals surface area contributed by atoms with Crippen molar-refractivity contribution in [2.45, 2.75) is 26.2 Å². The van der Waals surface area contributed by atoms with E-state index in [2.05, 4.69) is 151 Å². The van der Waals surface area contributed by atoms with Gasteiger partial charge in [0.05, 0.1) is 11.4 Å². The van der Waals surface area contributed by atoms with E-state index >= 15 is 0 Å². The summed E-state index contributed by atoms with van der Waals surface area (Å²) < 4.78 is 5.06. The van der Waals surface area contributed by atoms with Gasteiger partial charge in [0.15, 0.2) is 0 Å². The molecule has 0 radical (unpaired) electrons. The van der Waals surface area contributed by atoms with Gasteiger partial charge in [-0.2, -0.15) is 0 Å². The number of para-hydroxylation sites is 1. The van der Waals surface area contributed by atoms with E-state index in [1.807, 2.05) is 0 Å². The lowest BCUT2D eigenvalue weighted by molar-refractivity contribution is 0.591. The second-order valence-corrected chi connectivity index (χ2v) is 12.6. The van der Waals surface area contributed by atoms with Crippen molar-refractivity contribution in [3.63, 3.8) is 0 Å². The molecule has 0 unspecified atom stereocenters. The molecule has 2 aromatic heterocycles. The number of fused-ring (bicyclic) bond motifs is 4. The smallest absolute Gasteiger partial charge is 0.252 e. The summed E-state index contributed by atoms with van der Waals surface area (Å²) >= 11 is 0. The molecule has 3 heteroatoms. The van der Waals surface area contributed by atoms with E-state index in [0.717, 1.165) is 0 Å². The summed E-state index contributed by atoms with van der Waals surface area (Å²) in [5.41, 5.74) is 15.9. The van der Waals surface area contributed by atoms with Gasteiger partial charge in [-0.15, -0.1) is 0 Å². The standard InChI is InChI=1S/C38H29BN2/c1-38(2,3)28-20-27-22-34(25-14-8-5-9-15-25)41-32-19-11-18-31-35(32)39(30(23-28)37(27)41)29-17-10-16-26-21-33(40(31)36(26)29)24-12-6-4-7-13-24/h4-23H,1-3H3. The summed E-state index contributed by atoms with van der Waals surface area (Å²) in [6, 6.07) is 45.2. The van der Waals surface area contributed by atoms with Gasteiger partial charge >= 0.3 is 0 Å². The van der Waals surface area contributed by atoms with Crippen molar-refractivity contribution < 1.29 is 0 Å². The molecule has 7 aromatic rings. The monoisotopic (exact) mass is 524 g/mol. The summed E-state index contributed by atoms with van der Waals surface area (Å²) in [6.45, 7) is 7.16. The van der Waals surface area contributed by atoms with E-state index in [1.165, 1.54) is 77.6 Å². The predicted octanol–water partition coefficient (Wildman–Crippen LogP) is 7.35. The van der Waals surface area contributed by atoms with Gasteiger partial charge in [0.25, 0.3) is 6.71 Å². The third kappa shape index (κ3) is 3.04. The van der Waals surface area contributed by atoms with Gasteiger partial charge in [-0.25, -0.2) is 0 Å². The van der Waals surface area contributed by atoms with Crippen LogP contribution in [0.3, 0.4) is 0 Å². The Morgan fingerprint density at radius 3 is 1.68 bits per heavy atom. The minimum Gasteiger partial charge on any atom is -0.310 e. The van der Waals surface area contributed by atoms with Crippen molar-refractivity contribution in [2.24, 2.45) is 0 Å². The molecule has 41 heavy (non-hydrogen) atoms. The van der Waals surface area contributed by atoms with Crippen molar-refractivity contribution in [3.8, 4) is 33.9 Å². The van der Waals surface area contributed by atoms with E-state index < -0.39 is 0 Å². The molecule has 0 saturated heterocycles.